The third-order valence-electron chi connectivity index (χ3n) is 5.26. The number of amides is 2. The Kier molecular flexibility index (Phi) is 6.74. The van der Waals surface area contributed by atoms with E-state index < -0.39 is 35.0 Å². The highest BCUT2D eigenvalue weighted by Gasteiger charge is 2.37. The van der Waals surface area contributed by atoms with E-state index in [1.807, 2.05) is 0 Å². The fourth-order valence-corrected chi connectivity index (χ4v) is 3.78. The topological polar surface area (TPSA) is 58.6 Å². The van der Waals surface area contributed by atoms with Crippen molar-refractivity contribution in [1.29, 1.82) is 0 Å². The molecule has 1 aliphatic rings. The molecule has 0 aromatic heterocycles. The third-order valence-corrected chi connectivity index (χ3v) is 5.79. The van der Waals surface area contributed by atoms with Crippen molar-refractivity contribution in [3.63, 3.8) is 0 Å². The smallest absolute Gasteiger partial charge is 0.416 e. The molecule has 0 aliphatic carbocycles. The third kappa shape index (κ3) is 5.64. The molecule has 0 radical (unpaired) electrons. The summed E-state index contributed by atoms with van der Waals surface area (Å²) in [4.78, 5) is 26.6. The van der Waals surface area contributed by atoms with Crippen molar-refractivity contribution in [3.05, 3.63) is 87.4 Å². The van der Waals surface area contributed by atoms with Gasteiger partial charge in [0.05, 0.1) is 23.4 Å². The normalized spacial score (nSPS) is 13.8. The zero-order valence-corrected chi connectivity index (χ0v) is 19.6. The summed E-state index contributed by atoms with van der Waals surface area (Å²) in [5, 5.41) is 2.30. The number of hydrogen-bond acceptors (Lipinski definition) is 3. The van der Waals surface area contributed by atoms with Gasteiger partial charge in [-0.25, -0.2) is 0 Å². The van der Waals surface area contributed by atoms with Gasteiger partial charge in [-0.1, -0.05) is 28.1 Å². The molecule has 12 heteroatoms. The molecule has 1 N–H and O–H groups in total. The monoisotopic (exact) mass is 572 g/mol. The van der Waals surface area contributed by atoms with Crippen LogP contribution in [0.1, 0.15) is 27.0 Å². The van der Waals surface area contributed by atoms with Crippen LogP contribution >= 0.6 is 15.9 Å². The summed E-state index contributed by atoms with van der Waals surface area (Å²) in [7, 11) is 0. The lowest BCUT2D eigenvalue weighted by Crippen LogP contribution is -2.38. The van der Waals surface area contributed by atoms with Crippen LogP contribution in [-0.4, -0.2) is 18.4 Å². The van der Waals surface area contributed by atoms with E-state index in [0.717, 1.165) is 10.0 Å². The average Bonchev–Trinajstić information content (AvgIpc) is 2.81. The Labute approximate surface area is 208 Å². The second-order valence-electron chi connectivity index (χ2n) is 7.83. The van der Waals surface area contributed by atoms with Crippen LogP contribution < -0.4 is 15.0 Å². The van der Waals surface area contributed by atoms with Crippen LogP contribution in [0.4, 0.5) is 37.7 Å². The van der Waals surface area contributed by atoms with Gasteiger partial charge in [0.15, 0.2) is 6.61 Å². The van der Waals surface area contributed by atoms with Gasteiger partial charge in [0, 0.05) is 15.7 Å². The first-order chi connectivity index (χ1) is 16.8. The highest BCUT2D eigenvalue weighted by Crippen LogP contribution is 2.38. The molecule has 36 heavy (non-hydrogen) atoms. The lowest BCUT2D eigenvalue weighted by atomic mass is 10.0. The Morgan fingerprint density at radius 3 is 2.11 bits per heavy atom. The predicted molar refractivity (Wildman–Crippen MR) is 122 cm³/mol. The number of nitrogens with zero attached hydrogens (tertiary/aromatic N) is 1. The molecule has 0 saturated heterocycles. The van der Waals surface area contributed by atoms with Gasteiger partial charge in [-0.15, -0.1) is 0 Å². The highest BCUT2D eigenvalue weighted by molar-refractivity contribution is 9.10. The Morgan fingerprint density at radius 1 is 0.917 bits per heavy atom. The number of ether oxygens (including phenoxy) is 1. The maximum atomic E-state index is 13.1. The number of hydrogen-bond donors (Lipinski definition) is 1. The van der Waals surface area contributed by atoms with Crippen molar-refractivity contribution in [2.75, 3.05) is 16.8 Å². The van der Waals surface area contributed by atoms with E-state index in [0.29, 0.717) is 17.9 Å². The molecule has 0 bridgehead atoms. The summed E-state index contributed by atoms with van der Waals surface area (Å²) in [5.41, 5.74) is -2.91. The van der Waals surface area contributed by atoms with E-state index >= 15 is 0 Å². The standard InChI is InChI=1S/C24H15BrF6N2O3/c25-17-3-1-13(2-4-17)11-33-19-10-18(5-6-20(19)36-12-21(33)34)32-22(35)14-7-15(23(26,27)28)9-16(8-14)24(29,30)31/h1-10H,11-12H2,(H,32,35). The van der Waals surface area contributed by atoms with Crippen LogP contribution in [0.3, 0.4) is 0 Å². The zero-order valence-electron chi connectivity index (χ0n) is 18.0. The lowest BCUT2D eigenvalue weighted by molar-refractivity contribution is -0.143. The van der Waals surface area contributed by atoms with E-state index in [1.165, 1.54) is 23.1 Å². The molecule has 0 saturated carbocycles. The van der Waals surface area contributed by atoms with Crippen LogP contribution in [0.25, 0.3) is 0 Å². The fourth-order valence-electron chi connectivity index (χ4n) is 3.51. The molecule has 4 rings (SSSR count). The lowest BCUT2D eigenvalue weighted by Gasteiger charge is -2.30. The quantitative estimate of drug-likeness (QED) is 0.355. The number of carbonyl (C=O) groups excluding carboxylic acids is 2. The number of nitrogens with one attached hydrogen (secondary N) is 1. The number of alkyl halides is 6. The van der Waals surface area contributed by atoms with Crippen molar-refractivity contribution in [2.24, 2.45) is 0 Å². The number of anilines is 2. The molecule has 0 spiro atoms. The molecule has 1 aliphatic heterocycles. The predicted octanol–water partition coefficient (Wildman–Crippen LogP) is 6.66. The maximum absolute atomic E-state index is 13.1. The second-order valence-corrected chi connectivity index (χ2v) is 8.74. The molecular weight excluding hydrogens is 558 g/mol. The summed E-state index contributed by atoms with van der Waals surface area (Å²) in [5.74, 6) is -1.24. The van der Waals surface area contributed by atoms with Crippen molar-refractivity contribution in [2.45, 2.75) is 18.9 Å². The van der Waals surface area contributed by atoms with Crippen LogP contribution in [0.2, 0.25) is 0 Å². The highest BCUT2D eigenvalue weighted by atomic mass is 79.9. The number of fused-ring (bicyclic) bond motifs is 1. The first-order valence-corrected chi connectivity index (χ1v) is 11.0. The van der Waals surface area contributed by atoms with Crippen LogP contribution in [0.15, 0.2) is 65.1 Å². The van der Waals surface area contributed by atoms with Crippen molar-refractivity contribution in [3.8, 4) is 5.75 Å². The largest absolute Gasteiger partial charge is 0.482 e. The molecule has 0 unspecified atom stereocenters. The van der Waals surface area contributed by atoms with E-state index in [4.69, 9.17) is 4.74 Å². The summed E-state index contributed by atoms with van der Waals surface area (Å²) in [6.07, 6.45) is -10.2. The van der Waals surface area contributed by atoms with E-state index in [2.05, 4.69) is 21.2 Å². The molecule has 188 valence electrons. The molecule has 0 fully saturated rings. The van der Waals surface area contributed by atoms with E-state index in [9.17, 15) is 35.9 Å². The minimum Gasteiger partial charge on any atom is -0.482 e. The summed E-state index contributed by atoms with van der Waals surface area (Å²) < 4.78 is 85.1. The Balaban J connectivity index is 1.64. The average molecular weight is 573 g/mol. The Morgan fingerprint density at radius 2 is 1.53 bits per heavy atom. The van der Waals surface area contributed by atoms with Gasteiger partial charge < -0.3 is 15.0 Å². The fraction of sp³-hybridized carbons (Fsp3) is 0.167. The zero-order chi connectivity index (χ0) is 26.3. The SMILES string of the molecule is O=C(Nc1ccc2c(c1)N(Cc1ccc(Br)cc1)C(=O)CO2)c1cc(C(F)(F)F)cc(C(F)(F)F)c1. The Bertz CT molecular complexity index is 1290. The van der Waals surface area contributed by atoms with Crippen LogP contribution in [0, 0.1) is 0 Å². The van der Waals surface area contributed by atoms with Gasteiger partial charge in [-0.2, -0.15) is 26.3 Å². The summed E-state index contributed by atoms with van der Waals surface area (Å²) in [6, 6.07) is 12.0. The number of halogens is 7. The van der Waals surface area contributed by atoms with E-state index in [1.54, 1.807) is 24.3 Å². The van der Waals surface area contributed by atoms with Crippen molar-refractivity contribution in [1.82, 2.24) is 0 Å². The van der Waals surface area contributed by atoms with Gasteiger partial charge in [0.1, 0.15) is 5.75 Å². The molecule has 2 amide bonds. The molecule has 3 aromatic carbocycles. The first-order valence-electron chi connectivity index (χ1n) is 10.2. The summed E-state index contributed by atoms with van der Waals surface area (Å²) in [6.45, 7) is -0.0534. The van der Waals surface area contributed by atoms with Gasteiger partial charge in [0.25, 0.3) is 11.8 Å². The molecule has 0 atom stereocenters. The minimum atomic E-state index is -5.09. The molecule has 3 aromatic rings. The second kappa shape index (κ2) is 9.49. The number of rotatable bonds is 4. The summed E-state index contributed by atoms with van der Waals surface area (Å²) >= 11 is 3.32. The van der Waals surface area contributed by atoms with Crippen molar-refractivity contribution < 1.29 is 40.7 Å². The van der Waals surface area contributed by atoms with E-state index in [-0.39, 0.29) is 36.5 Å². The first kappa shape index (κ1) is 25.5. The van der Waals surface area contributed by atoms with Gasteiger partial charge in [-0.05, 0) is 54.1 Å². The molecule has 5 nitrogen and oxygen atoms in total. The number of carbonyl (C=O) groups is 2. The van der Waals surface area contributed by atoms with Crippen LogP contribution in [0.5, 0.6) is 5.75 Å². The van der Waals surface area contributed by atoms with Gasteiger partial charge in [-0.3, -0.25) is 9.59 Å². The Hall–Kier alpha value is -3.54. The van der Waals surface area contributed by atoms with Gasteiger partial charge in [0.2, 0.25) is 0 Å². The minimum absolute atomic E-state index is 0.0452. The van der Waals surface area contributed by atoms with Gasteiger partial charge >= 0.3 is 12.4 Å². The number of benzene rings is 3. The maximum Gasteiger partial charge on any atom is 0.416 e. The molecular formula is C24H15BrF6N2O3. The van der Waals surface area contributed by atoms with Crippen molar-refractivity contribution >= 4 is 39.1 Å². The van der Waals surface area contributed by atoms with Crippen LogP contribution in [-0.2, 0) is 23.7 Å². The molecule has 1 heterocycles.